The molecular formula is C24H22N4O4. The molecule has 0 radical (unpaired) electrons. The maximum atomic E-state index is 12.5. The van der Waals surface area contributed by atoms with Gasteiger partial charge in [-0.2, -0.15) is 5.26 Å². The second-order valence-corrected chi connectivity index (χ2v) is 6.92. The van der Waals surface area contributed by atoms with Crippen LogP contribution in [0.4, 0.5) is 5.69 Å². The van der Waals surface area contributed by atoms with Gasteiger partial charge in [-0.3, -0.25) is 14.2 Å². The smallest absolute Gasteiger partial charge is 0.348 e. The van der Waals surface area contributed by atoms with Crippen molar-refractivity contribution in [1.82, 2.24) is 9.55 Å². The summed E-state index contributed by atoms with van der Waals surface area (Å²) in [5, 5.41) is 12.4. The zero-order valence-electron chi connectivity index (χ0n) is 17.6. The molecule has 0 bridgehead atoms. The minimum Gasteiger partial charge on any atom is -0.462 e. The van der Waals surface area contributed by atoms with Crippen LogP contribution in [0.3, 0.4) is 0 Å². The quantitative estimate of drug-likeness (QED) is 0.333. The van der Waals surface area contributed by atoms with Crippen LogP contribution in [0.5, 0.6) is 0 Å². The molecule has 32 heavy (non-hydrogen) atoms. The average Bonchev–Trinajstić information content (AvgIpc) is 2.80. The lowest BCUT2D eigenvalue weighted by Gasteiger charge is -2.08. The van der Waals surface area contributed by atoms with Crippen molar-refractivity contribution in [1.29, 1.82) is 5.26 Å². The van der Waals surface area contributed by atoms with Crippen molar-refractivity contribution in [3.8, 4) is 6.07 Å². The molecule has 162 valence electrons. The molecule has 0 unspecified atom stereocenters. The summed E-state index contributed by atoms with van der Waals surface area (Å²) in [6, 6.07) is 15.7. The van der Waals surface area contributed by atoms with Crippen molar-refractivity contribution in [2.24, 2.45) is 0 Å². The largest absolute Gasteiger partial charge is 0.462 e. The Morgan fingerprint density at radius 3 is 2.66 bits per heavy atom. The fourth-order valence-corrected chi connectivity index (χ4v) is 3.07. The van der Waals surface area contributed by atoms with Gasteiger partial charge in [0.1, 0.15) is 11.6 Å². The maximum absolute atomic E-state index is 12.5. The summed E-state index contributed by atoms with van der Waals surface area (Å²) in [5.41, 5.74) is 1.65. The van der Waals surface area contributed by atoms with Gasteiger partial charge in [0.15, 0.2) is 0 Å². The van der Waals surface area contributed by atoms with Gasteiger partial charge in [-0.1, -0.05) is 24.3 Å². The lowest BCUT2D eigenvalue weighted by molar-refractivity contribution is -0.137. The number of nitriles is 1. The number of benzene rings is 2. The Morgan fingerprint density at radius 2 is 1.94 bits per heavy atom. The normalized spacial score (nSPS) is 11.1. The first-order valence-electron chi connectivity index (χ1n) is 10.1. The van der Waals surface area contributed by atoms with E-state index in [1.165, 1.54) is 17.0 Å². The lowest BCUT2D eigenvalue weighted by atomic mass is 10.1. The third-order valence-corrected chi connectivity index (χ3v) is 4.66. The van der Waals surface area contributed by atoms with Gasteiger partial charge in [0.05, 0.1) is 23.8 Å². The van der Waals surface area contributed by atoms with Crippen LogP contribution in [0.2, 0.25) is 0 Å². The number of para-hydroxylation sites is 1. The van der Waals surface area contributed by atoms with Gasteiger partial charge >= 0.3 is 5.97 Å². The zero-order valence-corrected chi connectivity index (χ0v) is 17.6. The first kappa shape index (κ1) is 22.4. The summed E-state index contributed by atoms with van der Waals surface area (Å²) in [5.74, 6) is -0.854. The number of ether oxygens (including phenoxy) is 1. The third-order valence-electron chi connectivity index (χ3n) is 4.66. The lowest BCUT2D eigenvalue weighted by Crippen LogP contribution is -2.21. The molecule has 0 aliphatic heterocycles. The average molecular weight is 430 g/mol. The van der Waals surface area contributed by atoms with Crippen molar-refractivity contribution in [2.45, 2.75) is 26.3 Å². The van der Waals surface area contributed by atoms with E-state index in [1.807, 2.05) is 12.1 Å². The van der Waals surface area contributed by atoms with E-state index in [4.69, 9.17) is 10.00 Å². The number of carbonyl (C=O) groups excluding carboxylic acids is 2. The van der Waals surface area contributed by atoms with Crippen molar-refractivity contribution < 1.29 is 14.3 Å². The summed E-state index contributed by atoms with van der Waals surface area (Å²) in [6.07, 6.45) is 3.65. The van der Waals surface area contributed by atoms with Gasteiger partial charge in [0, 0.05) is 18.7 Å². The molecule has 1 amide bonds. The van der Waals surface area contributed by atoms with E-state index >= 15 is 0 Å². The highest BCUT2D eigenvalue weighted by molar-refractivity contribution is 5.98. The van der Waals surface area contributed by atoms with Crippen molar-refractivity contribution >= 4 is 34.5 Å². The van der Waals surface area contributed by atoms with E-state index in [2.05, 4.69) is 10.3 Å². The van der Waals surface area contributed by atoms with Crippen LogP contribution in [0, 0.1) is 11.3 Å². The fraction of sp³-hybridized carbons (Fsp3) is 0.208. The number of aryl methyl sites for hydroxylation is 1. The van der Waals surface area contributed by atoms with E-state index in [0.29, 0.717) is 35.1 Å². The maximum Gasteiger partial charge on any atom is 0.348 e. The number of nitrogens with one attached hydrogen (secondary N) is 1. The van der Waals surface area contributed by atoms with Crippen LogP contribution in [0.1, 0.15) is 25.3 Å². The molecule has 8 nitrogen and oxygen atoms in total. The number of hydrogen-bond donors (Lipinski definition) is 1. The van der Waals surface area contributed by atoms with Crippen LogP contribution in [0.15, 0.2) is 65.2 Å². The van der Waals surface area contributed by atoms with Crippen LogP contribution < -0.4 is 10.9 Å². The number of rotatable bonds is 8. The molecule has 0 atom stereocenters. The van der Waals surface area contributed by atoms with E-state index in [1.54, 1.807) is 49.4 Å². The van der Waals surface area contributed by atoms with Crippen LogP contribution in [0.25, 0.3) is 17.0 Å². The molecule has 1 N–H and O–H groups in total. The Bertz CT molecular complexity index is 1250. The molecule has 0 saturated heterocycles. The summed E-state index contributed by atoms with van der Waals surface area (Å²) in [7, 11) is 0. The number of hydrogen-bond acceptors (Lipinski definition) is 6. The Hall–Kier alpha value is -4.25. The topological polar surface area (TPSA) is 114 Å². The Balaban J connectivity index is 1.54. The summed E-state index contributed by atoms with van der Waals surface area (Å²) >= 11 is 0. The van der Waals surface area contributed by atoms with Crippen LogP contribution in [-0.2, 0) is 20.9 Å². The molecule has 3 aromatic rings. The summed E-state index contributed by atoms with van der Waals surface area (Å²) < 4.78 is 6.34. The summed E-state index contributed by atoms with van der Waals surface area (Å²) in [6.45, 7) is 2.24. The molecule has 0 fully saturated rings. The fourth-order valence-electron chi connectivity index (χ4n) is 3.07. The molecule has 3 rings (SSSR count). The van der Waals surface area contributed by atoms with Gasteiger partial charge in [-0.25, -0.2) is 9.78 Å². The van der Waals surface area contributed by atoms with Gasteiger partial charge in [0.25, 0.3) is 5.56 Å². The molecule has 1 heterocycles. The number of carbonyl (C=O) groups is 2. The van der Waals surface area contributed by atoms with E-state index in [0.717, 1.165) is 0 Å². The number of aromatic nitrogens is 2. The van der Waals surface area contributed by atoms with Gasteiger partial charge in [0.2, 0.25) is 5.91 Å². The molecule has 8 heteroatoms. The highest BCUT2D eigenvalue weighted by Gasteiger charge is 2.10. The molecule has 0 aliphatic rings. The van der Waals surface area contributed by atoms with E-state index in [-0.39, 0.29) is 30.1 Å². The highest BCUT2D eigenvalue weighted by atomic mass is 16.5. The molecule has 2 aromatic carbocycles. The SMILES string of the molecule is CCOC(=O)C(C#N)=Cc1ccc(NC(=O)CCCn2cnc3ccccc3c2=O)cc1. The molecule has 1 aromatic heterocycles. The Labute approximate surface area is 184 Å². The number of nitrogens with zero attached hydrogens (tertiary/aromatic N) is 3. The second-order valence-electron chi connectivity index (χ2n) is 6.92. The predicted molar refractivity (Wildman–Crippen MR) is 121 cm³/mol. The molecule has 0 aliphatic carbocycles. The zero-order chi connectivity index (χ0) is 22.9. The first-order chi connectivity index (χ1) is 15.5. The molecule has 0 saturated carbocycles. The number of anilines is 1. The standard InChI is InChI=1S/C24H22N4O4/c1-2-32-24(31)18(15-25)14-17-9-11-19(12-10-17)27-22(29)8-5-13-28-16-26-21-7-4-3-6-20(21)23(28)30/h3-4,6-7,9-12,14,16H,2,5,8,13H2,1H3,(H,27,29). The highest BCUT2D eigenvalue weighted by Crippen LogP contribution is 2.14. The van der Waals surface area contributed by atoms with Crippen molar-refractivity contribution in [2.75, 3.05) is 11.9 Å². The summed E-state index contributed by atoms with van der Waals surface area (Å²) in [4.78, 5) is 40.7. The van der Waals surface area contributed by atoms with Crippen molar-refractivity contribution in [3.63, 3.8) is 0 Å². The minimum atomic E-state index is -0.673. The minimum absolute atomic E-state index is 0.0953. The van der Waals surface area contributed by atoms with Gasteiger partial charge in [-0.15, -0.1) is 0 Å². The van der Waals surface area contributed by atoms with Crippen LogP contribution >= 0.6 is 0 Å². The van der Waals surface area contributed by atoms with Gasteiger partial charge < -0.3 is 10.1 Å². The monoisotopic (exact) mass is 430 g/mol. The number of amides is 1. The predicted octanol–water partition coefficient (Wildman–Crippen LogP) is 3.29. The van der Waals surface area contributed by atoms with Crippen LogP contribution in [-0.4, -0.2) is 28.0 Å². The Kier molecular flexibility index (Phi) is 7.49. The molecular weight excluding hydrogens is 408 g/mol. The molecule has 0 spiro atoms. The van der Waals surface area contributed by atoms with Crippen molar-refractivity contribution in [3.05, 3.63) is 76.3 Å². The second kappa shape index (κ2) is 10.7. The number of fused-ring (bicyclic) bond motifs is 1. The first-order valence-corrected chi connectivity index (χ1v) is 10.1. The van der Waals surface area contributed by atoms with Gasteiger partial charge in [-0.05, 0) is 49.2 Å². The number of esters is 1. The third kappa shape index (κ3) is 5.67. The van der Waals surface area contributed by atoms with E-state index < -0.39 is 5.97 Å². The Morgan fingerprint density at radius 1 is 1.19 bits per heavy atom. The van der Waals surface area contributed by atoms with E-state index in [9.17, 15) is 14.4 Å².